The zero-order chi connectivity index (χ0) is 21.6. The molecule has 0 saturated heterocycles. The van der Waals surface area contributed by atoms with Gasteiger partial charge in [0.1, 0.15) is 18.1 Å². The Morgan fingerprint density at radius 2 is 1.70 bits per heavy atom. The van der Waals surface area contributed by atoms with Gasteiger partial charge < -0.3 is 14.2 Å². The first-order chi connectivity index (χ1) is 14.6. The van der Waals surface area contributed by atoms with Gasteiger partial charge in [-0.15, -0.1) is 0 Å². The zero-order valence-electron chi connectivity index (χ0n) is 18.6. The maximum Gasteiger partial charge on any atom is 0.311 e. The molecule has 0 aliphatic heterocycles. The Bertz CT molecular complexity index is 728. The summed E-state index contributed by atoms with van der Waals surface area (Å²) in [5.41, 5.74) is 1.80. The van der Waals surface area contributed by atoms with Crippen molar-refractivity contribution >= 4 is 5.97 Å². The second-order valence-corrected chi connectivity index (χ2v) is 7.62. The number of rotatable bonds is 14. The highest BCUT2D eigenvalue weighted by Crippen LogP contribution is 2.23. The second-order valence-electron chi connectivity index (χ2n) is 7.62. The van der Waals surface area contributed by atoms with Crippen LogP contribution in [0.3, 0.4) is 0 Å². The molecule has 0 fully saturated rings. The minimum absolute atomic E-state index is 0.193. The summed E-state index contributed by atoms with van der Waals surface area (Å²) >= 11 is 0. The van der Waals surface area contributed by atoms with Crippen molar-refractivity contribution in [2.75, 3.05) is 19.8 Å². The Hall–Kier alpha value is -2.40. The van der Waals surface area contributed by atoms with E-state index in [1.807, 2.05) is 31.2 Å². The first-order valence-corrected chi connectivity index (χ1v) is 11.1. The molecule has 30 heavy (non-hydrogen) atoms. The smallest absolute Gasteiger partial charge is 0.311 e. The van der Waals surface area contributed by atoms with Gasteiger partial charge in [-0.3, -0.25) is 9.78 Å². The highest BCUT2D eigenvalue weighted by Gasteiger charge is 2.10. The molecule has 0 bridgehead atoms. The number of nitrogens with zero attached hydrogens (tertiary/aromatic N) is 1. The molecule has 0 spiro atoms. The Morgan fingerprint density at radius 3 is 2.37 bits per heavy atom. The number of pyridine rings is 1. The molecule has 1 aromatic carbocycles. The Morgan fingerprint density at radius 1 is 0.933 bits per heavy atom. The molecule has 1 heterocycles. The fraction of sp³-hybridized carbons (Fsp3) is 0.520. The number of ether oxygens (including phenoxy) is 3. The van der Waals surface area contributed by atoms with E-state index in [0.29, 0.717) is 31.3 Å². The van der Waals surface area contributed by atoms with E-state index in [1.54, 1.807) is 18.3 Å². The van der Waals surface area contributed by atoms with Gasteiger partial charge in [0, 0.05) is 18.6 Å². The average Bonchev–Trinajstić information content (AvgIpc) is 2.76. The average molecular weight is 414 g/mol. The molecule has 1 aromatic heterocycles. The van der Waals surface area contributed by atoms with Crippen molar-refractivity contribution < 1.29 is 19.0 Å². The van der Waals surface area contributed by atoms with Crippen molar-refractivity contribution in [1.82, 2.24) is 4.98 Å². The number of hydrogen-bond acceptors (Lipinski definition) is 5. The zero-order valence-corrected chi connectivity index (χ0v) is 18.6. The molecule has 0 radical (unpaired) electrons. The van der Waals surface area contributed by atoms with E-state index >= 15 is 0 Å². The number of carbonyl (C=O) groups is 1. The van der Waals surface area contributed by atoms with Crippen molar-refractivity contribution in [3.8, 4) is 22.8 Å². The summed E-state index contributed by atoms with van der Waals surface area (Å²) < 4.78 is 16.7. The standard InChI is InChI=1S/C25H35NO4/c1-4-6-7-8-15-28-16-17-29-23-13-14-24(26-19-23)21-9-11-22(12-10-21)30-25(27)18-20(3)5-2/h9-14,19-20H,4-8,15-18H2,1-3H3. The van der Waals surface area contributed by atoms with Crippen molar-refractivity contribution in [2.45, 2.75) is 59.3 Å². The molecule has 1 unspecified atom stereocenters. The maximum atomic E-state index is 11.9. The molecule has 1 atom stereocenters. The van der Waals surface area contributed by atoms with Crippen molar-refractivity contribution in [1.29, 1.82) is 0 Å². The van der Waals surface area contributed by atoms with Crippen LogP contribution in [-0.4, -0.2) is 30.8 Å². The maximum absolute atomic E-state index is 11.9. The summed E-state index contributed by atoms with van der Waals surface area (Å²) in [7, 11) is 0. The SMILES string of the molecule is CCCCCCOCCOc1ccc(-c2ccc(OC(=O)CC(C)CC)cc2)nc1. The van der Waals surface area contributed by atoms with Crippen LogP contribution in [0.15, 0.2) is 42.6 Å². The van der Waals surface area contributed by atoms with Gasteiger partial charge in [-0.2, -0.15) is 0 Å². The third-order valence-electron chi connectivity index (χ3n) is 4.97. The summed E-state index contributed by atoms with van der Waals surface area (Å²) in [6, 6.07) is 11.2. The molecule has 0 N–H and O–H groups in total. The molecule has 2 rings (SSSR count). The molecule has 2 aromatic rings. The first-order valence-electron chi connectivity index (χ1n) is 11.1. The fourth-order valence-corrected chi connectivity index (χ4v) is 2.88. The van der Waals surface area contributed by atoms with E-state index in [-0.39, 0.29) is 5.97 Å². The number of aromatic nitrogens is 1. The number of carbonyl (C=O) groups excluding carboxylic acids is 1. The molecular formula is C25H35NO4. The van der Waals surface area contributed by atoms with E-state index in [1.165, 1.54) is 19.3 Å². The summed E-state index contributed by atoms with van der Waals surface area (Å²) in [6.07, 6.45) is 7.96. The molecule has 0 aliphatic carbocycles. The van der Waals surface area contributed by atoms with Gasteiger partial charge >= 0.3 is 5.97 Å². The normalized spacial score (nSPS) is 11.8. The van der Waals surface area contributed by atoms with Gasteiger partial charge in [0.05, 0.1) is 18.5 Å². The Kier molecular flexibility index (Phi) is 10.9. The second kappa shape index (κ2) is 13.8. The topological polar surface area (TPSA) is 57.7 Å². The predicted octanol–water partition coefficient (Wildman–Crippen LogP) is 6.07. The summed E-state index contributed by atoms with van der Waals surface area (Å²) in [4.78, 5) is 16.4. The van der Waals surface area contributed by atoms with E-state index in [4.69, 9.17) is 14.2 Å². The lowest BCUT2D eigenvalue weighted by atomic mass is 10.1. The third kappa shape index (κ3) is 8.95. The van der Waals surface area contributed by atoms with E-state index < -0.39 is 0 Å². The van der Waals surface area contributed by atoms with Crippen LogP contribution in [0.2, 0.25) is 0 Å². The minimum atomic E-state index is -0.193. The molecule has 0 aliphatic rings. The van der Waals surface area contributed by atoms with Crippen LogP contribution in [0.4, 0.5) is 0 Å². The fourth-order valence-electron chi connectivity index (χ4n) is 2.88. The van der Waals surface area contributed by atoms with Crippen LogP contribution >= 0.6 is 0 Å². The predicted molar refractivity (Wildman–Crippen MR) is 120 cm³/mol. The van der Waals surface area contributed by atoms with E-state index in [0.717, 1.165) is 36.5 Å². The van der Waals surface area contributed by atoms with E-state index in [2.05, 4.69) is 18.8 Å². The number of benzene rings is 1. The molecule has 5 heteroatoms. The number of hydrogen-bond donors (Lipinski definition) is 0. The van der Waals surface area contributed by atoms with Gasteiger partial charge in [0.15, 0.2) is 0 Å². The van der Waals surface area contributed by atoms with Crippen molar-refractivity contribution in [3.63, 3.8) is 0 Å². The van der Waals surface area contributed by atoms with Crippen LogP contribution < -0.4 is 9.47 Å². The Balaban J connectivity index is 1.74. The highest BCUT2D eigenvalue weighted by atomic mass is 16.5. The van der Waals surface area contributed by atoms with Gasteiger partial charge in [0.25, 0.3) is 0 Å². The van der Waals surface area contributed by atoms with Gasteiger partial charge in [0.2, 0.25) is 0 Å². The van der Waals surface area contributed by atoms with Crippen molar-refractivity contribution in [2.24, 2.45) is 5.92 Å². The summed E-state index contributed by atoms with van der Waals surface area (Å²) in [6.45, 7) is 8.22. The van der Waals surface area contributed by atoms with Gasteiger partial charge in [-0.05, 0) is 48.7 Å². The number of esters is 1. The monoisotopic (exact) mass is 413 g/mol. The van der Waals surface area contributed by atoms with Crippen LogP contribution in [0.25, 0.3) is 11.3 Å². The first kappa shape index (κ1) is 23.9. The third-order valence-corrected chi connectivity index (χ3v) is 4.97. The van der Waals surface area contributed by atoms with Crippen molar-refractivity contribution in [3.05, 3.63) is 42.6 Å². The lowest BCUT2D eigenvalue weighted by Gasteiger charge is -2.09. The van der Waals surface area contributed by atoms with Crippen LogP contribution in [-0.2, 0) is 9.53 Å². The lowest BCUT2D eigenvalue weighted by Crippen LogP contribution is -2.11. The quantitative estimate of drug-likeness (QED) is 0.214. The molecule has 0 amide bonds. The van der Waals surface area contributed by atoms with E-state index in [9.17, 15) is 4.79 Å². The molecule has 5 nitrogen and oxygen atoms in total. The summed E-state index contributed by atoms with van der Waals surface area (Å²) in [5.74, 6) is 1.42. The molecule has 164 valence electrons. The molecule has 0 saturated carbocycles. The van der Waals surface area contributed by atoms with Crippen LogP contribution in [0, 0.1) is 5.92 Å². The van der Waals surface area contributed by atoms with Gasteiger partial charge in [-0.1, -0.05) is 46.5 Å². The van der Waals surface area contributed by atoms with Crippen LogP contribution in [0.5, 0.6) is 11.5 Å². The van der Waals surface area contributed by atoms with Gasteiger partial charge in [-0.25, -0.2) is 0 Å². The number of unbranched alkanes of at least 4 members (excludes halogenated alkanes) is 3. The summed E-state index contributed by atoms with van der Waals surface area (Å²) in [5, 5.41) is 0. The Labute approximate surface area is 180 Å². The van der Waals surface area contributed by atoms with Crippen LogP contribution in [0.1, 0.15) is 59.3 Å². The largest absolute Gasteiger partial charge is 0.490 e. The minimum Gasteiger partial charge on any atom is -0.490 e. The highest BCUT2D eigenvalue weighted by molar-refractivity contribution is 5.73. The molecular weight excluding hydrogens is 378 g/mol. The lowest BCUT2D eigenvalue weighted by molar-refractivity contribution is -0.135.